The van der Waals surface area contributed by atoms with E-state index in [-0.39, 0.29) is 5.91 Å². The second-order valence-corrected chi connectivity index (χ2v) is 3.25. The highest BCUT2D eigenvalue weighted by Crippen LogP contribution is 2.23. The van der Waals surface area contributed by atoms with E-state index in [4.69, 9.17) is 9.47 Å². The van der Waals surface area contributed by atoms with Gasteiger partial charge in [0.05, 0.1) is 20.3 Å². The van der Waals surface area contributed by atoms with Crippen molar-refractivity contribution < 1.29 is 14.3 Å². The molecule has 1 amide bonds. The highest BCUT2D eigenvalue weighted by Gasteiger charge is 2.26. The van der Waals surface area contributed by atoms with Crippen molar-refractivity contribution in [3.05, 3.63) is 29.8 Å². The van der Waals surface area contributed by atoms with E-state index in [1.165, 1.54) is 0 Å². The number of nitrogens with zero attached hydrogens (tertiary/aromatic N) is 1. The van der Waals surface area contributed by atoms with Gasteiger partial charge in [0, 0.05) is 0 Å². The van der Waals surface area contributed by atoms with Crippen LogP contribution in [-0.4, -0.2) is 26.2 Å². The van der Waals surface area contributed by atoms with Crippen LogP contribution < -0.4 is 10.1 Å². The zero-order valence-corrected chi connectivity index (χ0v) is 8.47. The predicted molar refractivity (Wildman–Crippen MR) is 53.7 cm³/mol. The van der Waals surface area contributed by atoms with Crippen molar-refractivity contribution in [2.24, 2.45) is 0 Å². The van der Waals surface area contributed by atoms with Crippen molar-refractivity contribution >= 4 is 5.91 Å². The van der Waals surface area contributed by atoms with E-state index in [2.05, 4.69) is 5.32 Å². The zero-order chi connectivity index (χ0) is 10.7. The Bertz CT molecular complexity index is 365. The maximum Gasteiger partial charge on any atom is 0.274 e. The molecule has 1 aromatic carbocycles. The minimum absolute atomic E-state index is 0.213. The molecule has 1 heterocycles. The minimum atomic E-state index is -0.561. The molecule has 0 N–H and O–H groups in total. The highest BCUT2D eigenvalue weighted by molar-refractivity contribution is 5.82. The van der Waals surface area contributed by atoms with Crippen LogP contribution in [0, 0.1) is 0 Å². The van der Waals surface area contributed by atoms with Gasteiger partial charge in [-0.25, -0.2) is 5.32 Å². The van der Waals surface area contributed by atoms with E-state index < -0.39 is 6.10 Å². The van der Waals surface area contributed by atoms with Crippen LogP contribution in [0.2, 0.25) is 0 Å². The maximum atomic E-state index is 11.5. The molecule has 1 unspecified atom stereocenters. The molecule has 0 spiro atoms. The van der Waals surface area contributed by atoms with Gasteiger partial charge < -0.3 is 9.47 Å². The number of ether oxygens (including phenoxy) is 2. The zero-order valence-electron chi connectivity index (χ0n) is 8.47. The molecular weight excluding hydrogens is 194 g/mol. The van der Waals surface area contributed by atoms with E-state index in [0.29, 0.717) is 13.2 Å². The predicted octanol–water partition coefficient (Wildman–Crippen LogP) is 0.897. The first-order valence-electron chi connectivity index (χ1n) is 4.78. The van der Waals surface area contributed by atoms with E-state index in [9.17, 15) is 4.79 Å². The summed E-state index contributed by atoms with van der Waals surface area (Å²) < 4.78 is 10.5. The van der Waals surface area contributed by atoms with E-state index in [0.717, 1.165) is 11.3 Å². The Labute approximate surface area is 88.2 Å². The van der Waals surface area contributed by atoms with Gasteiger partial charge in [0.2, 0.25) is 0 Å². The summed E-state index contributed by atoms with van der Waals surface area (Å²) in [6.07, 6.45) is -0.561. The molecule has 0 aromatic heterocycles. The Morgan fingerprint density at radius 1 is 1.53 bits per heavy atom. The molecule has 1 fully saturated rings. The smallest absolute Gasteiger partial charge is 0.274 e. The largest absolute Gasteiger partial charge is 0.497 e. The number of amides is 1. The Balaban J connectivity index is 2.23. The molecule has 1 aliphatic heterocycles. The van der Waals surface area contributed by atoms with E-state index >= 15 is 0 Å². The molecule has 79 valence electrons. The van der Waals surface area contributed by atoms with Crippen LogP contribution in [0.5, 0.6) is 5.75 Å². The first-order valence-corrected chi connectivity index (χ1v) is 4.78. The first-order chi connectivity index (χ1) is 7.31. The van der Waals surface area contributed by atoms with Crippen molar-refractivity contribution in [3.8, 4) is 5.75 Å². The summed E-state index contributed by atoms with van der Waals surface area (Å²) in [4.78, 5) is 11.5. The summed E-state index contributed by atoms with van der Waals surface area (Å²) >= 11 is 0. The second kappa shape index (κ2) is 4.31. The summed E-state index contributed by atoms with van der Waals surface area (Å²) in [5.74, 6) is 0.504. The lowest BCUT2D eigenvalue weighted by Gasteiger charge is -2.21. The molecule has 2 rings (SSSR count). The highest BCUT2D eigenvalue weighted by atomic mass is 16.5. The standard InChI is InChI=1S/C11H12NO3/c1-14-9-4-2-3-8(7-9)10-11(13)12-5-6-15-10/h2-4,7,10H,5-6H2,1H3. The fourth-order valence-electron chi connectivity index (χ4n) is 1.52. The summed E-state index contributed by atoms with van der Waals surface area (Å²) in [6, 6.07) is 7.29. The van der Waals surface area contributed by atoms with Gasteiger partial charge in [0.15, 0.2) is 6.10 Å². The third kappa shape index (κ3) is 2.10. The topological polar surface area (TPSA) is 49.6 Å². The molecule has 1 radical (unpaired) electrons. The maximum absolute atomic E-state index is 11.5. The average Bonchev–Trinajstić information content (AvgIpc) is 2.30. The SMILES string of the molecule is COc1cccc(C2OCC[N]C2=O)c1. The van der Waals surface area contributed by atoms with Gasteiger partial charge in [-0.1, -0.05) is 12.1 Å². The molecule has 15 heavy (non-hydrogen) atoms. The van der Waals surface area contributed by atoms with Crippen molar-refractivity contribution in [2.45, 2.75) is 6.10 Å². The van der Waals surface area contributed by atoms with Crippen LogP contribution >= 0.6 is 0 Å². The lowest BCUT2D eigenvalue weighted by atomic mass is 10.1. The molecule has 4 nitrogen and oxygen atoms in total. The summed E-state index contributed by atoms with van der Waals surface area (Å²) in [5, 5.41) is 3.84. The van der Waals surface area contributed by atoms with Crippen LogP contribution in [0.1, 0.15) is 11.7 Å². The van der Waals surface area contributed by atoms with E-state index in [1.807, 2.05) is 18.2 Å². The fraction of sp³-hybridized carbons (Fsp3) is 0.364. The van der Waals surface area contributed by atoms with Crippen LogP contribution in [-0.2, 0) is 9.53 Å². The van der Waals surface area contributed by atoms with Crippen molar-refractivity contribution in [1.82, 2.24) is 5.32 Å². The number of carbonyl (C=O) groups is 1. The first kappa shape index (κ1) is 9.98. The number of rotatable bonds is 2. The molecule has 0 aliphatic carbocycles. The lowest BCUT2D eigenvalue weighted by molar-refractivity contribution is -0.138. The van der Waals surface area contributed by atoms with Gasteiger partial charge >= 0.3 is 0 Å². The van der Waals surface area contributed by atoms with Crippen LogP contribution in [0.15, 0.2) is 24.3 Å². The molecule has 1 atom stereocenters. The van der Waals surface area contributed by atoms with Gasteiger partial charge in [0.25, 0.3) is 5.91 Å². The van der Waals surface area contributed by atoms with Gasteiger partial charge in [-0.05, 0) is 17.7 Å². The number of carbonyl (C=O) groups excluding carboxylic acids is 1. The van der Waals surface area contributed by atoms with Crippen molar-refractivity contribution in [1.29, 1.82) is 0 Å². The van der Waals surface area contributed by atoms with Crippen LogP contribution in [0.25, 0.3) is 0 Å². The number of hydrogen-bond acceptors (Lipinski definition) is 3. The average molecular weight is 206 g/mol. The molecule has 1 aliphatic rings. The quantitative estimate of drug-likeness (QED) is 0.722. The molecular formula is C11H12NO3. The molecule has 0 saturated carbocycles. The summed E-state index contributed by atoms with van der Waals surface area (Å²) in [5.41, 5.74) is 0.794. The Kier molecular flexibility index (Phi) is 2.87. The summed E-state index contributed by atoms with van der Waals surface area (Å²) in [7, 11) is 1.59. The number of methoxy groups -OCH3 is 1. The monoisotopic (exact) mass is 206 g/mol. The fourth-order valence-corrected chi connectivity index (χ4v) is 1.52. The number of benzene rings is 1. The Morgan fingerprint density at radius 3 is 3.13 bits per heavy atom. The van der Waals surface area contributed by atoms with Crippen LogP contribution in [0.3, 0.4) is 0 Å². The number of hydrogen-bond donors (Lipinski definition) is 0. The lowest BCUT2D eigenvalue weighted by Crippen LogP contribution is -2.34. The third-order valence-electron chi connectivity index (χ3n) is 2.26. The normalized spacial score (nSPS) is 20.9. The molecule has 4 heteroatoms. The molecule has 0 bridgehead atoms. The van der Waals surface area contributed by atoms with Gasteiger partial charge in [-0.3, -0.25) is 4.79 Å². The van der Waals surface area contributed by atoms with Crippen molar-refractivity contribution in [3.63, 3.8) is 0 Å². The Morgan fingerprint density at radius 2 is 2.40 bits per heavy atom. The molecule has 1 aromatic rings. The minimum Gasteiger partial charge on any atom is -0.497 e. The van der Waals surface area contributed by atoms with Crippen LogP contribution in [0.4, 0.5) is 0 Å². The Hall–Kier alpha value is -1.55. The summed E-state index contributed by atoms with van der Waals surface area (Å²) in [6.45, 7) is 0.951. The molecule has 1 saturated heterocycles. The van der Waals surface area contributed by atoms with Crippen molar-refractivity contribution in [2.75, 3.05) is 20.3 Å². The van der Waals surface area contributed by atoms with E-state index in [1.54, 1.807) is 13.2 Å². The van der Waals surface area contributed by atoms with Gasteiger partial charge in [0.1, 0.15) is 5.75 Å². The van der Waals surface area contributed by atoms with Gasteiger partial charge in [-0.15, -0.1) is 0 Å². The number of morpholine rings is 1. The van der Waals surface area contributed by atoms with Gasteiger partial charge in [-0.2, -0.15) is 0 Å². The second-order valence-electron chi connectivity index (χ2n) is 3.25. The third-order valence-corrected chi connectivity index (χ3v) is 2.26.